The van der Waals surface area contributed by atoms with Crippen LogP contribution in [-0.4, -0.2) is 18.0 Å². The van der Waals surface area contributed by atoms with Crippen molar-refractivity contribution in [3.05, 3.63) is 35.9 Å². The van der Waals surface area contributed by atoms with Crippen molar-refractivity contribution in [1.82, 2.24) is 5.32 Å². The second-order valence-electron chi connectivity index (χ2n) is 4.49. The van der Waals surface area contributed by atoms with Gasteiger partial charge in [-0.05, 0) is 25.3 Å². The minimum Gasteiger partial charge on any atom is -0.352 e. The Labute approximate surface area is 103 Å². The Hall–Kier alpha value is -1.35. The molecule has 0 saturated carbocycles. The normalized spacial score (nSPS) is 14.1. The number of hydrogen-bond donors (Lipinski definition) is 2. The van der Waals surface area contributed by atoms with Crippen LogP contribution in [-0.2, 0) is 11.2 Å². The summed E-state index contributed by atoms with van der Waals surface area (Å²) >= 11 is 0. The highest BCUT2D eigenvalue weighted by molar-refractivity contribution is 5.81. The summed E-state index contributed by atoms with van der Waals surface area (Å²) in [6.45, 7) is 4.03. The average Bonchev–Trinajstić information content (AvgIpc) is 2.30. The highest BCUT2D eigenvalue weighted by Gasteiger charge is 2.14. The van der Waals surface area contributed by atoms with Gasteiger partial charge in [0.25, 0.3) is 0 Å². The molecule has 0 aliphatic rings. The third-order valence-electron chi connectivity index (χ3n) is 2.71. The highest BCUT2D eigenvalue weighted by Crippen LogP contribution is 2.03. The van der Waals surface area contributed by atoms with E-state index in [4.69, 9.17) is 5.73 Å². The van der Waals surface area contributed by atoms with Crippen molar-refractivity contribution < 1.29 is 4.79 Å². The van der Waals surface area contributed by atoms with Crippen LogP contribution in [0.4, 0.5) is 0 Å². The van der Waals surface area contributed by atoms with E-state index in [-0.39, 0.29) is 18.0 Å². The molecule has 3 heteroatoms. The average molecular weight is 234 g/mol. The summed E-state index contributed by atoms with van der Waals surface area (Å²) in [5.41, 5.74) is 6.98. The van der Waals surface area contributed by atoms with E-state index < -0.39 is 0 Å². The molecule has 1 aromatic carbocycles. The third kappa shape index (κ3) is 5.00. The molecule has 0 saturated heterocycles. The summed E-state index contributed by atoms with van der Waals surface area (Å²) in [5.74, 6) is -0.0460. The lowest BCUT2D eigenvalue weighted by molar-refractivity contribution is -0.123. The van der Waals surface area contributed by atoms with Gasteiger partial charge in [0, 0.05) is 6.04 Å². The largest absolute Gasteiger partial charge is 0.352 e. The Morgan fingerprint density at radius 2 is 2.00 bits per heavy atom. The number of nitrogens with one attached hydrogen (secondary N) is 1. The molecule has 0 spiro atoms. The van der Waals surface area contributed by atoms with Crippen molar-refractivity contribution in [3.8, 4) is 0 Å². The van der Waals surface area contributed by atoms with Gasteiger partial charge >= 0.3 is 0 Å². The minimum absolute atomic E-state index is 0.0460. The lowest BCUT2D eigenvalue weighted by atomic mass is 10.1. The second kappa shape index (κ2) is 7.07. The molecular formula is C14H22N2O. The van der Waals surface area contributed by atoms with Crippen molar-refractivity contribution in [3.63, 3.8) is 0 Å². The van der Waals surface area contributed by atoms with Gasteiger partial charge in [-0.3, -0.25) is 4.79 Å². The topological polar surface area (TPSA) is 55.1 Å². The first-order valence-electron chi connectivity index (χ1n) is 6.23. The third-order valence-corrected chi connectivity index (χ3v) is 2.71. The van der Waals surface area contributed by atoms with E-state index >= 15 is 0 Å². The van der Waals surface area contributed by atoms with Crippen LogP contribution in [0.15, 0.2) is 30.3 Å². The van der Waals surface area contributed by atoms with E-state index in [0.29, 0.717) is 0 Å². The van der Waals surface area contributed by atoms with Crippen molar-refractivity contribution in [2.75, 3.05) is 0 Å². The van der Waals surface area contributed by atoms with Crippen LogP contribution in [0.2, 0.25) is 0 Å². The standard InChI is InChI=1S/C14H22N2O/c1-3-7-13(15)14(17)16-11(2)10-12-8-5-4-6-9-12/h4-6,8-9,11,13H,3,7,10,15H2,1-2H3,(H,16,17). The molecule has 1 amide bonds. The number of rotatable bonds is 6. The van der Waals surface area contributed by atoms with Gasteiger partial charge in [0.1, 0.15) is 0 Å². The monoisotopic (exact) mass is 234 g/mol. The molecule has 3 N–H and O–H groups in total. The van der Waals surface area contributed by atoms with Crippen LogP contribution in [0.1, 0.15) is 32.3 Å². The number of benzene rings is 1. The molecule has 2 atom stereocenters. The van der Waals surface area contributed by atoms with Gasteiger partial charge in [-0.2, -0.15) is 0 Å². The zero-order chi connectivity index (χ0) is 12.7. The molecule has 0 radical (unpaired) electrons. The Kier molecular flexibility index (Phi) is 5.70. The Bertz CT molecular complexity index is 337. The molecule has 0 heterocycles. The minimum atomic E-state index is -0.377. The van der Waals surface area contributed by atoms with E-state index in [2.05, 4.69) is 17.4 Å². The zero-order valence-electron chi connectivity index (χ0n) is 10.6. The zero-order valence-corrected chi connectivity index (χ0v) is 10.6. The Morgan fingerprint density at radius 3 is 2.59 bits per heavy atom. The highest BCUT2D eigenvalue weighted by atomic mass is 16.2. The van der Waals surface area contributed by atoms with Gasteiger partial charge in [0.05, 0.1) is 6.04 Å². The van der Waals surface area contributed by atoms with E-state index in [0.717, 1.165) is 19.3 Å². The van der Waals surface area contributed by atoms with Crippen LogP contribution in [0, 0.1) is 0 Å². The van der Waals surface area contributed by atoms with Crippen molar-refractivity contribution >= 4 is 5.91 Å². The molecule has 0 aromatic heterocycles. The molecule has 1 rings (SSSR count). The van der Waals surface area contributed by atoms with Gasteiger partial charge in [-0.15, -0.1) is 0 Å². The molecule has 0 aliphatic carbocycles. The fourth-order valence-electron chi connectivity index (χ4n) is 1.81. The van der Waals surface area contributed by atoms with Crippen LogP contribution in [0.25, 0.3) is 0 Å². The molecule has 0 fully saturated rings. The van der Waals surface area contributed by atoms with Gasteiger partial charge in [-0.25, -0.2) is 0 Å². The summed E-state index contributed by atoms with van der Waals surface area (Å²) in [7, 11) is 0. The number of carbonyl (C=O) groups excluding carboxylic acids is 1. The summed E-state index contributed by atoms with van der Waals surface area (Å²) in [6, 6.07) is 9.87. The SMILES string of the molecule is CCCC(N)C(=O)NC(C)Cc1ccccc1. The predicted octanol–water partition coefficient (Wildman–Crippen LogP) is 1.86. The lowest BCUT2D eigenvalue weighted by Crippen LogP contribution is -2.45. The van der Waals surface area contributed by atoms with Gasteiger partial charge in [0.2, 0.25) is 5.91 Å². The Balaban J connectivity index is 2.39. The number of carbonyl (C=O) groups is 1. The molecular weight excluding hydrogens is 212 g/mol. The maximum atomic E-state index is 11.7. The van der Waals surface area contributed by atoms with Crippen LogP contribution in [0.3, 0.4) is 0 Å². The second-order valence-corrected chi connectivity index (χ2v) is 4.49. The van der Waals surface area contributed by atoms with Crippen molar-refractivity contribution in [2.24, 2.45) is 5.73 Å². The van der Waals surface area contributed by atoms with E-state index in [1.165, 1.54) is 5.56 Å². The smallest absolute Gasteiger partial charge is 0.237 e. The maximum absolute atomic E-state index is 11.7. The van der Waals surface area contributed by atoms with Crippen LogP contribution >= 0.6 is 0 Å². The fourth-order valence-corrected chi connectivity index (χ4v) is 1.81. The first-order valence-corrected chi connectivity index (χ1v) is 6.23. The molecule has 0 bridgehead atoms. The number of hydrogen-bond acceptors (Lipinski definition) is 2. The number of amides is 1. The van der Waals surface area contributed by atoms with E-state index in [1.807, 2.05) is 32.0 Å². The van der Waals surface area contributed by atoms with Gasteiger partial charge in [-0.1, -0.05) is 43.7 Å². The van der Waals surface area contributed by atoms with Crippen LogP contribution < -0.4 is 11.1 Å². The summed E-state index contributed by atoms with van der Waals surface area (Å²) in [5, 5.41) is 2.95. The molecule has 3 nitrogen and oxygen atoms in total. The van der Waals surface area contributed by atoms with Crippen LogP contribution in [0.5, 0.6) is 0 Å². The van der Waals surface area contributed by atoms with Crippen molar-refractivity contribution in [1.29, 1.82) is 0 Å². The summed E-state index contributed by atoms with van der Waals surface area (Å²) < 4.78 is 0. The maximum Gasteiger partial charge on any atom is 0.237 e. The first-order chi connectivity index (χ1) is 8.13. The quantitative estimate of drug-likeness (QED) is 0.789. The van der Waals surface area contributed by atoms with Gasteiger partial charge < -0.3 is 11.1 Å². The number of nitrogens with two attached hydrogens (primary N) is 1. The predicted molar refractivity (Wildman–Crippen MR) is 70.6 cm³/mol. The molecule has 2 unspecified atom stereocenters. The molecule has 0 aliphatic heterocycles. The van der Waals surface area contributed by atoms with Gasteiger partial charge in [0.15, 0.2) is 0 Å². The molecule has 17 heavy (non-hydrogen) atoms. The fraction of sp³-hybridized carbons (Fsp3) is 0.500. The first kappa shape index (κ1) is 13.7. The molecule has 1 aromatic rings. The van der Waals surface area contributed by atoms with Crippen molar-refractivity contribution in [2.45, 2.75) is 45.2 Å². The lowest BCUT2D eigenvalue weighted by Gasteiger charge is -2.17. The molecule has 94 valence electrons. The summed E-state index contributed by atoms with van der Waals surface area (Å²) in [4.78, 5) is 11.7. The van der Waals surface area contributed by atoms with E-state index in [1.54, 1.807) is 0 Å². The van der Waals surface area contributed by atoms with E-state index in [9.17, 15) is 4.79 Å². The Morgan fingerprint density at radius 1 is 1.35 bits per heavy atom. The summed E-state index contributed by atoms with van der Waals surface area (Å²) in [6.07, 6.45) is 2.51.